The number of H-pyrrole nitrogens is 1. The first-order chi connectivity index (χ1) is 15.2. The molecule has 5 rings (SSSR count). The van der Waals surface area contributed by atoms with Crippen molar-refractivity contribution in [2.45, 2.75) is 6.42 Å². The molecule has 0 aliphatic heterocycles. The number of benzene rings is 1. The smallest absolute Gasteiger partial charge is 0.224 e. The maximum atomic E-state index is 11.5. The van der Waals surface area contributed by atoms with E-state index in [1.165, 1.54) is 0 Å². The van der Waals surface area contributed by atoms with Gasteiger partial charge in [-0.1, -0.05) is 12.1 Å². The second-order valence-corrected chi connectivity index (χ2v) is 7.14. The van der Waals surface area contributed by atoms with E-state index in [-0.39, 0.29) is 5.91 Å². The van der Waals surface area contributed by atoms with Gasteiger partial charge in [0.25, 0.3) is 0 Å². The van der Waals surface area contributed by atoms with Crippen molar-refractivity contribution in [2.75, 3.05) is 7.05 Å². The number of carbonyl (C=O) groups is 1. The van der Waals surface area contributed by atoms with Crippen LogP contribution in [-0.2, 0) is 11.2 Å². The lowest BCUT2D eigenvalue weighted by Gasteiger charge is -2.07. The van der Waals surface area contributed by atoms with Crippen LogP contribution in [-0.4, -0.2) is 32.9 Å². The van der Waals surface area contributed by atoms with Gasteiger partial charge in [-0.05, 0) is 42.0 Å². The Hall–Kier alpha value is -4.26. The first-order valence-electron chi connectivity index (χ1n) is 9.85. The molecule has 0 aliphatic carbocycles. The third-order valence-corrected chi connectivity index (χ3v) is 5.07. The molecular formula is C24H19N5O2. The summed E-state index contributed by atoms with van der Waals surface area (Å²) in [6.45, 7) is 0. The van der Waals surface area contributed by atoms with E-state index in [9.17, 15) is 4.79 Å². The van der Waals surface area contributed by atoms with Crippen molar-refractivity contribution in [3.63, 3.8) is 0 Å². The Labute approximate surface area is 178 Å². The van der Waals surface area contributed by atoms with E-state index in [0.717, 1.165) is 38.8 Å². The molecule has 31 heavy (non-hydrogen) atoms. The van der Waals surface area contributed by atoms with Gasteiger partial charge in [-0.15, -0.1) is 0 Å². The molecule has 1 amide bonds. The summed E-state index contributed by atoms with van der Waals surface area (Å²) in [5.41, 5.74) is 4.40. The lowest BCUT2D eigenvalue weighted by atomic mass is 10.1. The van der Waals surface area contributed by atoms with Gasteiger partial charge >= 0.3 is 0 Å². The van der Waals surface area contributed by atoms with Crippen LogP contribution < -0.4 is 10.1 Å². The van der Waals surface area contributed by atoms with Crippen LogP contribution in [0.1, 0.15) is 5.56 Å². The molecule has 7 heteroatoms. The molecule has 0 unspecified atom stereocenters. The monoisotopic (exact) mass is 409 g/mol. The maximum absolute atomic E-state index is 11.5. The average Bonchev–Trinajstić information content (AvgIpc) is 3.18. The molecule has 2 N–H and O–H groups in total. The van der Waals surface area contributed by atoms with Crippen molar-refractivity contribution in [1.82, 2.24) is 25.3 Å². The summed E-state index contributed by atoms with van der Waals surface area (Å²) < 4.78 is 6.00. The van der Waals surface area contributed by atoms with Crippen LogP contribution in [0.5, 0.6) is 11.5 Å². The van der Waals surface area contributed by atoms with Gasteiger partial charge < -0.3 is 15.0 Å². The number of amides is 1. The first kappa shape index (κ1) is 18.7. The highest BCUT2D eigenvalue weighted by atomic mass is 16.5. The summed E-state index contributed by atoms with van der Waals surface area (Å²) in [5, 5.41) is 4.59. The van der Waals surface area contributed by atoms with Crippen LogP contribution in [0.15, 0.2) is 73.3 Å². The number of ether oxygens (including phenoxy) is 1. The second kappa shape index (κ2) is 7.87. The predicted octanol–water partition coefficient (Wildman–Crippen LogP) is 4.25. The molecule has 0 aliphatic rings. The molecule has 0 spiro atoms. The summed E-state index contributed by atoms with van der Waals surface area (Å²) in [5.74, 6) is 1.29. The molecule has 152 valence electrons. The van der Waals surface area contributed by atoms with Crippen molar-refractivity contribution >= 4 is 27.8 Å². The molecule has 4 heterocycles. The number of likely N-dealkylation sites (N-methyl/N-ethyl adjacent to an activating group) is 1. The first-order valence-corrected chi connectivity index (χ1v) is 9.85. The number of hydrogen-bond donors (Lipinski definition) is 2. The number of pyridine rings is 3. The van der Waals surface area contributed by atoms with E-state index in [1.54, 1.807) is 25.6 Å². The average molecular weight is 409 g/mol. The Morgan fingerprint density at radius 1 is 1.00 bits per heavy atom. The standard InChI is InChI=1S/C24H19N5O2/c1-25-23(30)9-15-4-6-17(7-5-15)31-18-10-20-19-11-21(16-3-2-8-26-12-16)27-14-22(19)29-24(20)28-13-18/h2-8,10-14H,9H2,1H3,(H,25,30)(H,28,29). The Morgan fingerprint density at radius 3 is 2.65 bits per heavy atom. The summed E-state index contributed by atoms with van der Waals surface area (Å²) in [7, 11) is 1.63. The zero-order valence-electron chi connectivity index (χ0n) is 16.8. The summed E-state index contributed by atoms with van der Waals surface area (Å²) in [4.78, 5) is 28.0. The van der Waals surface area contributed by atoms with Gasteiger partial charge in [0.15, 0.2) is 0 Å². The molecule has 1 aromatic carbocycles. The quantitative estimate of drug-likeness (QED) is 0.453. The number of rotatable bonds is 5. The predicted molar refractivity (Wildman–Crippen MR) is 119 cm³/mol. The second-order valence-electron chi connectivity index (χ2n) is 7.14. The van der Waals surface area contributed by atoms with Crippen molar-refractivity contribution in [1.29, 1.82) is 0 Å². The molecule has 5 aromatic rings. The minimum atomic E-state index is -0.0252. The van der Waals surface area contributed by atoms with Crippen LogP contribution >= 0.6 is 0 Å². The van der Waals surface area contributed by atoms with Crippen molar-refractivity contribution in [2.24, 2.45) is 0 Å². The van der Waals surface area contributed by atoms with E-state index in [2.05, 4.69) is 25.3 Å². The topological polar surface area (TPSA) is 92.8 Å². The molecule has 7 nitrogen and oxygen atoms in total. The number of aromatic nitrogens is 4. The van der Waals surface area contributed by atoms with Gasteiger partial charge in [-0.25, -0.2) is 4.98 Å². The van der Waals surface area contributed by atoms with E-state index in [1.807, 2.05) is 54.7 Å². The Balaban J connectivity index is 1.46. The van der Waals surface area contributed by atoms with E-state index in [0.29, 0.717) is 17.9 Å². The van der Waals surface area contributed by atoms with E-state index in [4.69, 9.17) is 4.74 Å². The largest absolute Gasteiger partial charge is 0.456 e. The molecule has 0 radical (unpaired) electrons. The number of nitrogens with zero attached hydrogens (tertiary/aromatic N) is 3. The van der Waals surface area contributed by atoms with Gasteiger partial charge in [0.05, 0.1) is 30.0 Å². The molecule has 0 atom stereocenters. The fourth-order valence-electron chi connectivity index (χ4n) is 3.47. The molecule has 4 aromatic heterocycles. The minimum absolute atomic E-state index is 0.0252. The Morgan fingerprint density at radius 2 is 1.87 bits per heavy atom. The summed E-state index contributed by atoms with van der Waals surface area (Å²) in [6.07, 6.45) is 7.37. The highest BCUT2D eigenvalue weighted by molar-refractivity contribution is 6.07. The van der Waals surface area contributed by atoms with E-state index >= 15 is 0 Å². The van der Waals surface area contributed by atoms with Crippen LogP contribution in [0.3, 0.4) is 0 Å². The van der Waals surface area contributed by atoms with Gasteiger partial charge in [0.1, 0.15) is 17.1 Å². The lowest BCUT2D eigenvalue weighted by Crippen LogP contribution is -2.19. The molecule has 0 fully saturated rings. The maximum Gasteiger partial charge on any atom is 0.224 e. The van der Waals surface area contributed by atoms with Crippen LogP contribution in [0.2, 0.25) is 0 Å². The van der Waals surface area contributed by atoms with Crippen molar-refractivity contribution in [3.8, 4) is 22.8 Å². The highest BCUT2D eigenvalue weighted by Gasteiger charge is 2.10. The normalized spacial score (nSPS) is 11.0. The Kier molecular flexibility index (Phi) is 4.76. The molecule has 0 bridgehead atoms. The van der Waals surface area contributed by atoms with Crippen LogP contribution in [0.4, 0.5) is 0 Å². The third-order valence-electron chi connectivity index (χ3n) is 5.07. The number of hydrogen-bond acceptors (Lipinski definition) is 5. The van der Waals surface area contributed by atoms with Gasteiger partial charge in [0.2, 0.25) is 5.91 Å². The van der Waals surface area contributed by atoms with Crippen molar-refractivity contribution < 1.29 is 9.53 Å². The summed E-state index contributed by atoms with van der Waals surface area (Å²) in [6, 6.07) is 15.3. The SMILES string of the molecule is CNC(=O)Cc1ccc(Oc2cnc3[nH]c4cnc(-c5cccnc5)cc4c3c2)cc1. The van der Waals surface area contributed by atoms with Crippen LogP contribution in [0.25, 0.3) is 33.2 Å². The lowest BCUT2D eigenvalue weighted by molar-refractivity contribution is -0.119. The zero-order valence-corrected chi connectivity index (χ0v) is 16.8. The van der Waals surface area contributed by atoms with Gasteiger partial charge in [0, 0.05) is 35.8 Å². The number of nitrogens with one attached hydrogen (secondary N) is 2. The Bertz CT molecular complexity index is 1380. The molecule has 0 saturated heterocycles. The molecular weight excluding hydrogens is 390 g/mol. The summed E-state index contributed by atoms with van der Waals surface area (Å²) >= 11 is 0. The number of fused-ring (bicyclic) bond motifs is 3. The van der Waals surface area contributed by atoms with Crippen LogP contribution in [0, 0.1) is 0 Å². The third kappa shape index (κ3) is 3.81. The fourth-order valence-corrected chi connectivity index (χ4v) is 3.47. The molecule has 0 saturated carbocycles. The fraction of sp³-hybridized carbons (Fsp3) is 0.0833. The van der Waals surface area contributed by atoms with Crippen molar-refractivity contribution in [3.05, 3.63) is 78.9 Å². The zero-order chi connectivity index (χ0) is 21.2. The van der Waals surface area contributed by atoms with Gasteiger partial charge in [-0.3, -0.25) is 14.8 Å². The highest BCUT2D eigenvalue weighted by Crippen LogP contribution is 2.31. The minimum Gasteiger partial charge on any atom is -0.456 e. The number of carbonyl (C=O) groups excluding carboxylic acids is 1. The number of aromatic amines is 1. The van der Waals surface area contributed by atoms with E-state index < -0.39 is 0 Å². The van der Waals surface area contributed by atoms with Gasteiger partial charge in [-0.2, -0.15) is 0 Å².